The smallest absolute Gasteiger partial charge is 0.372 e. The molecule has 0 aliphatic rings. The van der Waals surface area contributed by atoms with Crippen LogP contribution in [0.3, 0.4) is 0 Å². The van der Waals surface area contributed by atoms with Crippen LogP contribution in [-0.4, -0.2) is 23.5 Å². The van der Waals surface area contributed by atoms with Crippen LogP contribution in [-0.2, 0) is 9.59 Å². The lowest BCUT2D eigenvalue weighted by Crippen LogP contribution is -2.13. The molecule has 0 amide bonds. The van der Waals surface area contributed by atoms with E-state index in [9.17, 15) is 14.4 Å². The number of fused-ring (bicyclic) bond motifs is 1. The SMILES string of the molecule is O=C(O)C(=O)CCCOc1ccc2oc(=O)ccc2c1. The minimum Gasteiger partial charge on any atom is -0.494 e. The van der Waals surface area contributed by atoms with E-state index in [1.54, 1.807) is 24.3 Å². The Morgan fingerprint density at radius 3 is 2.75 bits per heavy atom. The zero-order valence-electron chi connectivity index (χ0n) is 10.5. The second-order valence-electron chi connectivity index (χ2n) is 4.13. The fraction of sp³-hybridized carbons (Fsp3) is 0.214. The van der Waals surface area contributed by atoms with E-state index in [1.807, 2.05) is 0 Å². The first-order valence-corrected chi connectivity index (χ1v) is 5.99. The van der Waals surface area contributed by atoms with Crippen LogP contribution in [0.25, 0.3) is 11.0 Å². The Bertz CT molecular complexity index is 700. The molecule has 0 aliphatic heterocycles. The zero-order valence-corrected chi connectivity index (χ0v) is 10.5. The van der Waals surface area contributed by atoms with E-state index in [0.29, 0.717) is 17.8 Å². The molecule has 0 bridgehead atoms. The molecule has 0 unspecified atom stereocenters. The predicted octanol–water partition coefficient (Wildman–Crippen LogP) is 1.61. The van der Waals surface area contributed by atoms with Gasteiger partial charge in [0.2, 0.25) is 5.78 Å². The summed E-state index contributed by atoms with van der Waals surface area (Å²) >= 11 is 0. The molecule has 2 aromatic rings. The molecule has 1 heterocycles. The molecule has 2 rings (SSSR count). The average Bonchev–Trinajstić information content (AvgIpc) is 2.43. The molecule has 20 heavy (non-hydrogen) atoms. The molecule has 0 aliphatic carbocycles. The molecule has 104 valence electrons. The van der Waals surface area contributed by atoms with Gasteiger partial charge < -0.3 is 14.3 Å². The van der Waals surface area contributed by atoms with Crippen LogP contribution >= 0.6 is 0 Å². The van der Waals surface area contributed by atoms with Crippen molar-refractivity contribution in [3.63, 3.8) is 0 Å². The number of Topliss-reactive ketones (excluding diaryl/α,β-unsaturated/α-hetero) is 1. The molecule has 6 nitrogen and oxygen atoms in total. The topological polar surface area (TPSA) is 93.8 Å². The lowest BCUT2D eigenvalue weighted by molar-refractivity contribution is -0.149. The van der Waals surface area contributed by atoms with Crippen molar-refractivity contribution in [3.05, 3.63) is 40.8 Å². The first-order valence-electron chi connectivity index (χ1n) is 5.99. The average molecular weight is 276 g/mol. The van der Waals surface area contributed by atoms with Crippen molar-refractivity contribution in [2.75, 3.05) is 6.61 Å². The standard InChI is InChI=1S/C14H12O6/c15-11(14(17)18)2-1-7-19-10-4-5-12-9(8-10)3-6-13(16)20-12/h3-6,8H,1-2,7H2,(H,17,18). The minimum absolute atomic E-state index is 0.0577. The Balaban J connectivity index is 1.94. The number of carboxylic acids is 1. The molecule has 0 saturated heterocycles. The summed E-state index contributed by atoms with van der Waals surface area (Å²) in [7, 11) is 0. The van der Waals surface area contributed by atoms with Crippen LogP contribution in [0.4, 0.5) is 0 Å². The van der Waals surface area contributed by atoms with E-state index < -0.39 is 17.4 Å². The largest absolute Gasteiger partial charge is 0.494 e. The van der Waals surface area contributed by atoms with Gasteiger partial charge in [-0.2, -0.15) is 0 Å². The molecule has 0 fully saturated rings. The number of benzene rings is 1. The Hall–Kier alpha value is -2.63. The van der Waals surface area contributed by atoms with Crippen LogP contribution in [0.1, 0.15) is 12.8 Å². The van der Waals surface area contributed by atoms with Crippen molar-refractivity contribution < 1.29 is 23.8 Å². The Kier molecular flexibility index (Phi) is 4.14. The number of rotatable bonds is 6. The number of ether oxygens (including phenoxy) is 1. The maximum Gasteiger partial charge on any atom is 0.372 e. The molecule has 0 atom stereocenters. The fourth-order valence-electron chi connectivity index (χ4n) is 1.67. The fourth-order valence-corrected chi connectivity index (χ4v) is 1.67. The molecule has 1 N–H and O–H groups in total. The highest BCUT2D eigenvalue weighted by molar-refractivity contribution is 6.32. The van der Waals surface area contributed by atoms with E-state index in [-0.39, 0.29) is 13.0 Å². The highest BCUT2D eigenvalue weighted by Gasteiger charge is 2.10. The monoisotopic (exact) mass is 276 g/mol. The first kappa shape index (κ1) is 13.8. The maximum atomic E-state index is 11.0. The maximum absolute atomic E-state index is 11.0. The van der Waals surface area contributed by atoms with Crippen molar-refractivity contribution in [1.29, 1.82) is 0 Å². The Morgan fingerprint density at radius 1 is 1.20 bits per heavy atom. The lowest BCUT2D eigenvalue weighted by atomic mass is 10.2. The minimum atomic E-state index is -1.43. The van der Waals surface area contributed by atoms with Gasteiger partial charge in [0.05, 0.1) is 6.61 Å². The zero-order chi connectivity index (χ0) is 14.5. The summed E-state index contributed by atoms with van der Waals surface area (Å²) in [4.78, 5) is 32.2. The quantitative estimate of drug-likeness (QED) is 0.489. The van der Waals surface area contributed by atoms with Crippen LogP contribution in [0.5, 0.6) is 5.75 Å². The van der Waals surface area contributed by atoms with Crippen LogP contribution in [0.2, 0.25) is 0 Å². The molecular formula is C14H12O6. The van der Waals surface area contributed by atoms with E-state index in [0.717, 1.165) is 5.39 Å². The van der Waals surface area contributed by atoms with Crippen LogP contribution < -0.4 is 10.4 Å². The number of ketones is 1. The summed E-state index contributed by atoms with van der Waals surface area (Å²) in [6, 6.07) is 7.91. The summed E-state index contributed by atoms with van der Waals surface area (Å²) in [5.74, 6) is -1.69. The second kappa shape index (κ2) is 6.01. The van der Waals surface area contributed by atoms with Gasteiger partial charge in [0.15, 0.2) is 0 Å². The molecule has 1 aromatic carbocycles. The molecular weight excluding hydrogens is 264 g/mol. The highest BCUT2D eigenvalue weighted by atomic mass is 16.5. The van der Waals surface area contributed by atoms with E-state index in [1.165, 1.54) is 6.07 Å². The number of hydrogen-bond acceptors (Lipinski definition) is 5. The van der Waals surface area contributed by atoms with Crippen molar-refractivity contribution >= 4 is 22.7 Å². The molecule has 0 saturated carbocycles. The molecule has 6 heteroatoms. The summed E-state index contributed by atoms with van der Waals surface area (Å²) in [5.41, 5.74) is 0.0456. The Labute approximate surface area is 113 Å². The summed E-state index contributed by atoms with van der Waals surface area (Å²) in [6.07, 6.45) is 0.269. The van der Waals surface area contributed by atoms with Crippen molar-refractivity contribution in [2.45, 2.75) is 12.8 Å². The van der Waals surface area contributed by atoms with E-state index in [2.05, 4.69) is 0 Å². The van der Waals surface area contributed by atoms with Crippen molar-refractivity contribution in [1.82, 2.24) is 0 Å². The third-order valence-corrected chi connectivity index (χ3v) is 2.65. The van der Waals surface area contributed by atoms with Gasteiger partial charge in [0.25, 0.3) is 0 Å². The van der Waals surface area contributed by atoms with Gasteiger partial charge in [-0.05, 0) is 30.7 Å². The molecule has 1 aromatic heterocycles. The van der Waals surface area contributed by atoms with Gasteiger partial charge >= 0.3 is 11.6 Å². The summed E-state index contributed by atoms with van der Waals surface area (Å²) < 4.78 is 10.4. The summed E-state index contributed by atoms with van der Waals surface area (Å²) in [6.45, 7) is 0.237. The van der Waals surface area contributed by atoms with E-state index in [4.69, 9.17) is 14.3 Å². The highest BCUT2D eigenvalue weighted by Crippen LogP contribution is 2.19. The van der Waals surface area contributed by atoms with Gasteiger partial charge in [-0.15, -0.1) is 0 Å². The van der Waals surface area contributed by atoms with Crippen LogP contribution in [0.15, 0.2) is 39.5 Å². The molecule has 0 radical (unpaired) electrons. The molecule has 0 spiro atoms. The third kappa shape index (κ3) is 3.44. The first-order chi connectivity index (χ1) is 9.56. The number of aliphatic carboxylic acids is 1. The van der Waals surface area contributed by atoms with Gasteiger partial charge in [-0.25, -0.2) is 9.59 Å². The van der Waals surface area contributed by atoms with Gasteiger partial charge in [-0.1, -0.05) is 0 Å². The normalized spacial score (nSPS) is 10.4. The Morgan fingerprint density at radius 2 is 2.00 bits per heavy atom. The van der Waals surface area contributed by atoms with E-state index >= 15 is 0 Å². The number of carbonyl (C=O) groups is 2. The third-order valence-electron chi connectivity index (χ3n) is 2.65. The predicted molar refractivity (Wildman–Crippen MR) is 69.9 cm³/mol. The van der Waals surface area contributed by atoms with Crippen molar-refractivity contribution in [3.8, 4) is 5.75 Å². The van der Waals surface area contributed by atoms with Gasteiger partial charge in [-0.3, -0.25) is 4.79 Å². The van der Waals surface area contributed by atoms with Gasteiger partial charge in [0, 0.05) is 17.9 Å². The van der Waals surface area contributed by atoms with Gasteiger partial charge in [0.1, 0.15) is 11.3 Å². The van der Waals surface area contributed by atoms with Crippen LogP contribution in [0, 0.1) is 0 Å². The number of hydrogen-bond donors (Lipinski definition) is 1. The van der Waals surface area contributed by atoms with Crippen molar-refractivity contribution in [2.24, 2.45) is 0 Å². The lowest BCUT2D eigenvalue weighted by Gasteiger charge is -2.06. The number of carboxylic acid groups (broad SMARTS) is 1. The second-order valence-corrected chi connectivity index (χ2v) is 4.13. The summed E-state index contributed by atoms with van der Waals surface area (Å²) in [5, 5.41) is 9.14. The number of carbonyl (C=O) groups excluding carboxylic acids is 1.